The minimum atomic E-state index is 0.172. The molecule has 0 aliphatic heterocycles. The molecule has 0 nitrogen and oxygen atoms in total. The molecule has 0 saturated heterocycles. The molecule has 26 heavy (non-hydrogen) atoms. The van der Waals surface area contributed by atoms with Gasteiger partial charge < -0.3 is 0 Å². The first-order valence-corrected chi connectivity index (χ1v) is 10.6. The van der Waals surface area contributed by atoms with Gasteiger partial charge in [-0.1, -0.05) is 69.3 Å². The van der Waals surface area contributed by atoms with Crippen molar-refractivity contribution in [3.63, 3.8) is 0 Å². The van der Waals surface area contributed by atoms with E-state index in [0.717, 1.165) is 17.8 Å². The van der Waals surface area contributed by atoms with Crippen molar-refractivity contribution in [1.82, 2.24) is 0 Å². The van der Waals surface area contributed by atoms with Gasteiger partial charge in [0.25, 0.3) is 0 Å². The average molecular weight is 345 g/mol. The van der Waals surface area contributed by atoms with Gasteiger partial charge in [-0.25, -0.2) is 0 Å². The maximum absolute atomic E-state index is 2.59. The first kappa shape index (κ1) is 16.6. The summed E-state index contributed by atoms with van der Waals surface area (Å²) in [5.41, 5.74) is 6.62. The summed E-state index contributed by atoms with van der Waals surface area (Å²) < 4.78 is 0. The van der Waals surface area contributed by atoms with Gasteiger partial charge in [-0.05, 0) is 89.4 Å². The fourth-order valence-corrected chi connectivity index (χ4v) is 6.85. The van der Waals surface area contributed by atoms with Crippen LogP contribution in [0.25, 0.3) is 11.1 Å². The van der Waals surface area contributed by atoms with Crippen LogP contribution in [0.5, 0.6) is 0 Å². The molecular formula is C26H32. The van der Waals surface area contributed by atoms with Crippen LogP contribution in [0.2, 0.25) is 0 Å². The van der Waals surface area contributed by atoms with Gasteiger partial charge in [-0.2, -0.15) is 0 Å². The van der Waals surface area contributed by atoms with Crippen LogP contribution in [-0.4, -0.2) is 0 Å². The van der Waals surface area contributed by atoms with E-state index in [9.17, 15) is 0 Å². The molecule has 2 aromatic carbocycles. The van der Waals surface area contributed by atoms with Gasteiger partial charge in [0.1, 0.15) is 0 Å². The van der Waals surface area contributed by atoms with Gasteiger partial charge in [0.15, 0.2) is 0 Å². The van der Waals surface area contributed by atoms with Gasteiger partial charge in [0, 0.05) is 0 Å². The molecule has 4 bridgehead atoms. The maximum atomic E-state index is 2.59. The highest BCUT2D eigenvalue weighted by molar-refractivity contribution is 5.70. The summed E-state index contributed by atoms with van der Waals surface area (Å²) in [4.78, 5) is 0. The lowest BCUT2D eigenvalue weighted by Gasteiger charge is -2.57. The molecule has 4 fully saturated rings. The third-order valence-electron chi connectivity index (χ3n) is 7.56. The predicted molar refractivity (Wildman–Crippen MR) is 110 cm³/mol. The monoisotopic (exact) mass is 344 g/mol. The molecule has 136 valence electrons. The second-order valence-corrected chi connectivity index (χ2v) is 10.6. The first-order chi connectivity index (χ1) is 12.4. The van der Waals surface area contributed by atoms with Crippen LogP contribution in [-0.2, 0) is 10.8 Å². The van der Waals surface area contributed by atoms with Gasteiger partial charge in [0.2, 0.25) is 0 Å². The Kier molecular flexibility index (Phi) is 3.65. The van der Waals surface area contributed by atoms with Crippen molar-refractivity contribution in [2.45, 2.75) is 70.1 Å². The third-order valence-corrected chi connectivity index (χ3v) is 7.56. The average Bonchev–Trinajstić information content (AvgIpc) is 2.60. The highest BCUT2D eigenvalue weighted by Gasteiger charge is 2.51. The quantitative estimate of drug-likeness (QED) is 0.544. The van der Waals surface area contributed by atoms with Crippen LogP contribution >= 0.6 is 0 Å². The molecule has 0 aromatic heterocycles. The Morgan fingerprint density at radius 3 is 1.88 bits per heavy atom. The Bertz CT molecular complexity index is 770. The molecule has 0 heteroatoms. The predicted octanol–water partition coefficient (Wildman–Crippen LogP) is 7.12. The zero-order chi connectivity index (χ0) is 17.9. The van der Waals surface area contributed by atoms with Crippen LogP contribution in [0.4, 0.5) is 0 Å². The molecule has 0 radical (unpaired) electrons. The van der Waals surface area contributed by atoms with Crippen molar-refractivity contribution in [3.8, 4) is 11.1 Å². The van der Waals surface area contributed by atoms with Crippen molar-refractivity contribution in [2.75, 3.05) is 0 Å². The van der Waals surface area contributed by atoms with Crippen molar-refractivity contribution in [1.29, 1.82) is 0 Å². The highest BCUT2D eigenvalue weighted by Crippen LogP contribution is 2.61. The van der Waals surface area contributed by atoms with Crippen molar-refractivity contribution < 1.29 is 0 Å². The third kappa shape index (κ3) is 2.65. The van der Waals surface area contributed by atoms with E-state index < -0.39 is 0 Å². The van der Waals surface area contributed by atoms with E-state index >= 15 is 0 Å². The number of hydrogen-bond donors (Lipinski definition) is 0. The Balaban J connectivity index is 1.63. The topological polar surface area (TPSA) is 0 Å². The smallest absolute Gasteiger partial charge is 0.00388 e. The second-order valence-electron chi connectivity index (χ2n) is 10.6. The van der Waals surface area contributed by atoms with E-state index in [1.54, 1.807) is 5.56 Å². The zero-order valence-electron chi connectivity index (χ0n) is 16.6. The summed E-state index contributed by atoms with van der Waals surface area (Å²) in [6.07, 6.45) is 8.90. The summed E-state index contributed by atoms with van der Waals surface area (Å²) in [5, 5.41) is 0. The van der Waals surface area contributed by atoms with Crippen LogP contribution in [0.15, 0.2) is 48.5 Å². The summed E-state index contributed by atoms with van der Waals surface area (Å²) in [6.45, 7) is 7.04. The Morgan fingerprint density at radius 1 is 0.769 bits per heavy atom. The fourth-order valence-electron chi connectivity index (χ4n) is 6.85. The standard InChI is InChI=1S/C26H32/c1-25(2,3)24-10-9-22(14-23(24)21-7-5-4-6-8-21)26-15-18-11-19(16-26)13-20(12-18)17-26/h4-10,14,18-20H,11-13,15-17H2,1-3H3. The van der Waals surface area contributed by atoms with Gasteiger partial charge in [-0.15, -0.1) is 0 Å². The van der Waals surface area contributed by atoms with E-state index in [0.29, 0.717) is 5.41 Å². The molecule has 4 aliphatic carbocycles. The molecule has 0 N–H and O–H groups in total. The highest BCUT2D eigenvalue weighted by atomic mass is 14.6. The SMILES string of the molecule is CC(C)(C)c1ccc(C23CC4CC(CC(C4)C2)C3)cc1-c1ccccc1. The lowest BCUT2D eigenvalue weighted by Crippen LogP contribution is -2.48. The van der Waals surface area contributed by atoms with Crippen LogP contribution in [0, 0.1) is 17.8 Å². The molecule has 2 aromatic rings. The number of benzene rings is 2. The van der Waals surface area contributed by atoms with Crippen molar-refractivity contribution >= 4 is 0 Å². The van der Waals surface area contributed by atoms with Gasteiger partial charge in [0.05, 0.1) is 0 Å². The summed E-state index contributed by atoms with van der Waals surface area (Å²) in [5.74, 6) is 3.01. The molecule has 4 aliphatic rings. The second kappa shape index (κ2) is 5.72. The van der Waals surface area contributed by atoms with E-state index in [1.807, 2.05) is 0 Å². The van der Waals surface area contributed by atoms with E-state index in [4.69, 9.17) is 0 Å². The Labute approximate surface area is 159 Å². The summed E-state index contributed by atoms with van der Waals surface area (Å²) in [6, 6.07) is 18.6. The summed E-state index contributed by atoms with van der Waals surface area (Å²) in [7, 11) is 0. The van der Waals surface area contributed by atoms with Crippen molar-refractivity contribution in [3.05, 3.63) is 59.7 Å². The molecule has 6 rings (SSSR count). The van der Waals surface area contributed by atoms with E-state index in [2.05, 4.69) is 69.3 Å². The molecule has 4 saturated carbocycles. The van der Waals surface area contributed by atoms with E-state index in [-0.39, 0.29) is 5.41 Å². The largest absolute Gasteiger partial charge is 0.0622 e. The summed E-state index contributed by atoms with van der Waals surface area (Å²) >= 11 is 0. The molecule has 0 spiro atoms. The van der Waals surface area contributed by atoms with Gasteiger partial charge in [-0.3, -0.25) is 0 Å². The van der Waals surface area contributed by atoms with E-state index in [1.165, 1.54) is 55.2 Å². The Hall–Kier alpha value is -1.56. The van der Waals surface area contributed by atoms with Crippen molar-refractivity contribution in [2.24, 2.45) is 17.8 Å². The molecule has 0 atom stereocenters. The van der Waals surface area contributed by atoms with Gasteiger partial charge >= 0.3 is 0 Å². The lowest BCUT2D eigenvalue weighted by atomic mass is 9.48. The fraction of sp³-hybridized carbons (Fsp3) is 0.538. The lowest BCUT2D eigenvalue weighted by molar-refractivity contribution is -0.00518. The van der Waals surface area contributed by atoms with Crippen LogP contribution < -0.4 is 0 Å². The minimum absolute atomic E-state index is 0.172. The number of hydrogen-bond acceptors (Lipinski definition) is 0. The maximum Gasteiger partial charge on any atom is -0.00388 e. The Morgan fingerprint density at radius 2 is 1.35 bits per heavy atom. The molecule has 0 heterocycles. The van der Waals surface area contributed by atoms with Crippen LogP contribution in [0.3, 0.4) is 0 Å². The molecule has 0 amide bonds. The van der Waals surface area contributed by atoms with Crippen LogP contribution in [0.1, 0.15) is 70.4 Å². The zero-order valence-corrected chi connectivity index (χ0v) is 16.6. The number of rotatable bonds is 2. The normalized spacial score (nSPS) is 32.8. The molecular weight excluding hydrogens is 312 g/mol. The minimum Gasteiger partial charge on any atom is -0.0622 e. The molecule has 0 unspecified atom stereocenters. The first-order valence-electron chi connectivity index (χ1n) is 10.6.